The van der Waals surface area contributed by atoms with E-state index in [-0.39, 0.29) is 49.3 Å². The van der Waals surface area contributed by atoms with Crippen LogP contribution in [-0.2, 0) is 24.0 Å². The first-order valence-corrected chi connectivity index (χ1v) is 8.49. The summed E-state index contributed by atoms with van der Waals surface area (Å²) in [7, 11) is 1.49. The Labute approximate surface area is 148 Å². The summed E-state index contributed by atoms with van der Waals surface area (Å²) in [5.41, 5.74) is 0. The van der Waals surface area contributed by atoms with Gasteiger partial charge in [-0.25, -0.2) is 0 Å². The molecule has 0 fully saturated rings. The Kier molecular flexibility index (Phi) is 11.1. The van der Waals surface area contributed by atoms with Crippen molar-refractivity contribution in [3.63, 3.8) is 0 Å². The van der Waals surface area contributed by atoms with Crippen LogP contribution in [0.5, 0.6) is 0 Å². The summed E-state index contributed by atoms with van der Waals surface area (Å²) in [6.45, 7) is 4.82. The number of Topliss-reactive ketones (excluding diaryl/α,β-unsaturated/α-hetero) is 2. The molecule has 0 bridgehead atoms. The van der Waals surface area contributed by atoms with Gasteiger partial charge in [-0.1, -0.05) is 6.92 Å². The molecule has 0 spiro atoms. The molecule has 25 heavy (non-hydrogen) atoms. The monoisotopic (exact) mass is 355 g/mol. The lowest BCUT2D eigenvalue weighted by Gasteiger charge is -2.18. The fraction of sp³-hybridized carbons (Fsp3) is 0.706. The van der Waals surface area contributed by atoms with Crippen LogP contribution in [0.15, 0.2) is 0 Å². The predicted molar refractivity (Wildman–Crippen MR) is 92.7 cm³/mol. The molecule has 0 aliphatic carbocycles. The van der Waals surface area contributed by atoms with E-state index in [1.165, 1.54) is 18.9 Å². The van der Waals surface area contributed by atoms with Gasteiger partial charge in [-0.05, 0) is 20.3 Å². The molecule has 0 aliphatic heterocycles. The average Bonchev–Trinajstić information content (AvgIpc) is 2.53. The van der Waals surface area contributed by atoms with Crippen molar-refractivity contribution in [2.24, 2.45) is 0 Å². The molecule has 0 aromatic carbocycles. The second-order valence-corrected chi connectivity index (χ2v) is 6.01. The molecular weight excluding hydrogens is 326 g/mol. The van der Waals surface area contributed by atoms with Crippen molar-refractivity contribution in [3.8, 4) is 0 Å². The normalized spacial score (nSPS) is 11.4. The summed E-state index contributed by atoms with van der Waals surface area (Å²) >= 11 is 0. The van der Waals surface area contributed by atoms with Crippen molar-refractivity contribution in [1.29, 1.82) is 0 Å². The maximum absolute atomic E-state index is 11.9. The summed E-state index contributed by atoms with van der Waals surface area (Å²) < 4.78 is 0. The van der Waals surface area contributed by atoms with E-state index in [2.05, 4.69) is 10.6 Å². The molecule has 0 saturated heterocycles. The fourth-order valence-corrected chi connectivity index (χ4v) is 2.06. The topological polar surface area (TPSA) is 113 Å². The Morgan fingerprint density at radius 2 is 1.64 bits per heavy atom. The van der Waals surface area contributed by atoms with E-state index < -0.39 is 11.9 Å². The van der Waals surface area contributed by atoms with E-state index in [1.54, 1.807) is 13.8 Å². The molecule has 2 N–H and O–H groups in total. The van der Waals surface area contributed by atoms with E-state index in [0.29, 0.717) is 19.3 Å². The van der Waals surface area contributed by atoms with Crippen LogP contribution in [0.4, 0.5) is 0 Å². The van der Waals surface area contributed by atoms with Crippen molar-refractivity contribution in [1.82, 2.24) is 15.5 Å². The van der Waals surface area contributed by atoms with Gasteiger partial charge in [-0.2, -0.15) is 0 Å². The molecule has 0 aliphatic rings. The molecule has 1 atom stereocenters. The van der Waals surface area contributed by atoms with Crippen LogP contribution in [0.3, 0.4) is 0 Å². The highest BCUT2D eigenvalue weighted by Gasteiger charge is 2.17. The molecule has 0 rings (SSSR count). The van der Waals surface area contributed by atoms with E-state index in [4.69, 9.17) is 0 Å². The molecule has 3 amide bonds. The summed E-state index contributed by atoms with van der Waals surface area (Å²) in [5, 5.41) is 5.15. The largest absolute Gasteiger partial charge is 0.356 e. The number of nitrogens with one attached hydrogen (secondary N) is 2. The Bertz CT molecular complexity index is 505. The predicted octanol–water partition coefficient (Wildman–Crippen LogP) is 0.194. The summed E-state index contributed by atoms with van der Waals surface area (Å²) in [4.78, 5) is 58.7. The molecule has 0 saturated carbocycles. The molecule has 0 heterocycles. The highest BCUT2D eigenvalue weighted by Crippen LogP contribution is 1.97. The number of ketones is 2. The number of nitrogens with zero attached hydrogens (tertiary/aromatic N) is 1. The first-order valence-electron chi connectivity index (χ1n) is 8.49. The Morgan fingerprint density at radius 3 is 2.20 bits per heavy atom. The van der Waals surface area contributed by atoms with Crippen molar-refractivity contribution < 1.29 is 24.0 Å². The fourth-order valence-electron chi connectivity index (χ4n) is 2.06. The maximum Gasteiger partial charge on any atom is 0.240 e. The number of amides is 3. The summed E-state index contributed by atoms with van der Waals surface area (Å²) in [6.07, 6.45) is 1.51. The molecule has 0 radical (unpaired) electrons. The number of rotatable bonds is 12. The highest BCUT2D eigenvalue weighted by molar-refractivity contribution is 5.90. The highest BCUT2D eigenvalue weighted by atomic mass is 16.2. The standard InChI is InChI=1S/C17H29N3O5/c1-5-14(22)13(3)19-16(24)11-20(4)17(25)9-10-18-15(23)8-6-7-12(2)21/h13H,5-11H2,1-4H3,(H,18,23)(H,19,24). The van der Waals surface area contributed by atoms with Crippen molar-refractivity contribution in [3.05, 3.63) is 0 Å². The van der Waals surface area contributed by atoms with Crippen LogP contribution < -0.4 is 10.6 Å². The molecule has 0 aromatic heterocycles. The number of hydrogen-bond acceptors (Lipinski definition) is 5. The second kappa shape index (κ2) is 12.2. The number of hydrogen-bond donors (Lipinski definition) is 2. The zero-order chi connectivity index (χ0) is 19.4. The SMILES string of the molecule is CCC(=O)C(C)NC(=O)CN(C)C(=O)CCNC(=O)CCCC(C)=O. The minimum absolute atomic E-state index is 0.0397. The van der Waals surface area contributed by atoms with Crippen LogP contribution >= 0.6 is 0 Å². The van der Waals surface area contributed by atoms with Gasteiger partial charge in [0.15, 0.2) is 5.78 Å². The van der Waals surface area contributed by atoms with Crippen LogP contribution in [-0.4, -0.2) is 60.4 Å². The van der Waals surface area contributed by atoms with Crippen molar-refractivity contribution >= 4 is 29.3 Å². The molecule has 8 nitrogen and oxygen atoms in total. The van der Waals surface area contributed by atoms with Crippen LogP contribution in [0.25, 0.3) is 0 Å². The van der Waals surface area contributed by atoms with Crippen LogP contribution in [0.2, 0.25) is 0 Å². The minimum Gasteiger partial charge on any atom is -0.356 e. The second-order valence-electron chi connectivity index (χ2n) is 6.01. The van der Waals surface area contributed by atoms with Crippen molar-refractivity contribution in [2.45, 2.75) is 58.9 Å². The van der Waals surface area contributed by atoms with Crippen molar-refractivity contribution in [2.75, 3.05) is 20.1 Å². The summed E-state index contributed by atoms with van der Waals surface area (Å²) in [6, 6.07) is -0.574. The Morgan fingerprint density at radius 1 is 1.00 bits per heavy atom. The van der Waals surface area contributed by atoms with Gasteiger partial charge in [0, 0.05) is 39.3 Å². The zero-order valence-corrected chi connectivity index (χ0v) is 15.5. The summed E-state index contributed by atoms with van der Waals surface area (Å²) in [5.74, 6) is -0.930. The molecular formula is C17H29N3O5. The number of carbonyl (C=O) groups is 5. The minimum atomic E-state index is -0.574. The maximum atomic E-state index is 11.9. The van der Waals surface area contributed by atoms with E-state index in [0.717, 1.165) is 0 Å². The first-order chi connectivity index (χ1) is 11.7. The molecule has 8 heteroatoms. The van der Waals surface area contributed by atoms with Gasteiger partial charge >= 0.3 is 0 Å². The van der Waals surface area contributed by atoms with E-state index in [1.807, 2.05) is 0 Å². The lowest BCUT2D eigenvalue weighted by atomic mass is 10.2. The van der Waals surface area contributed by atoms with Crippen LogP contribution in [0.1, 0.15) is 52.9 Å². The number of carbonyl (C=O) groups excluding carboxylic acids is 5. The lowest BCUT2D eigenvalue weighted by molar-refractivity contribution is -0.135. The Balaban J connectivity index is 4.02. The molecule has 1 unspecified atom stereocenters. The first kappa shape index (κ1) is 22.8. The van der Waals surface area contributed by atoms with Gasteiger partial charge in [-0.15, -0.1) is 0 Å². The van der Waals surface area contributed by atoms with Gasteiger partial charge in [0.25, 0.3) is 0 Å². The van der Waals surface area contributed by atoms with Gasteiger partial charge < -0.3 is 20.3 Å². The lowest BCUT2D eigenvalue weighted by Crippen LogP contribution is -2.44. The molecule has 0 aromatic rings. The van der Waals surface area contributed by atoms with E-state index >= 15 is 0 Å². The zero-order valence-electron chi connectivity index (χ0n) is 15.5. The van der Waals surface area contributed by atoms with Gasteiger partial charge in [0.05, 0.1) is 12.6 Å². The van der Waals surface area contributed by atoms with Gasteiger partial charge in [0.2, 0.25) is 17.7 Å². The third kappa shape index (κ3) is 11.0. The van der Waals surface area contributed by atoms with Crippen LogP contribution in [0, 0.1) is 0 Å². The third-order valence-corrected chi connectivity index (χ3v) is 3.61. The Hall–Kier alpha value is -2.25. The van der Waals surface area contributed by atoms with Gasteiger partial charge in [0.1, 0.15) is 5.78 Å². The third-order valence-electron chi connectivity index (χ3n) is 3.61. The molecule has 142 valence electrons. The van der Waals surface area contributed by atoms with E-state index in [9.17, 15) is 24.0 Å². The van der Waals surface area contributed by atoms with Gasteiger partial charge in [-0.3, -0.25) is 19.2 Å². The number of likely N-dealkylation sites (N-methyl/N-ethyl adjacent to an activating group) is 1. The smallest absolute Gasteiger partial charge is 0.240 e. The average molecular weight is 355 g/mol. The quantitative estimate of drug-likeness (QED) is 0.519.